The highest BCUT2D eigenvalue weighted by atomic mass is 16.5. The lowest BCUT2D eigenvalue weighted by atomic mass is 10.4. The van der Waals surface area contributed by atoms with Gasteiger partial charge in [-0.15, -0.1) is 0 Å². The normalized spacial score (nSPS) is 10.0. The molecule has 0 bridgehead atoms. The summed E-state index contributed by atoms with van der Waals surface area (Å²) in [6.45, 7) is 10.4. The number of carbonyl (C=O) groups is 1. The van der Waals surface area contributed by atoms with E-state index in [1.165, 1.54) is 0 Å². The number of rotatable bonds is 10. The average molecular weight is 300 g/mol. The van der Waals surface area contributed by atoms with Crippen LogP contribution in [-0.2, 0) is 27.4 Å². The Hall–Kier alpha value is -1.40. The highest BCUT2D eigenvalue weighted by Gasteiger charge is 2.02. The molecule has 1 aromatic heterocycles. The number of carboxylic acids is 1. The molecule has 0 N–H and O–H groups in total. The lowest BCUT2D eigenvalue weighted by Gasteiger charge is -1.99. The van der Waals surface area contributed by atoms with Crippen LogP contribution in [0.5, 0.6) is 0 Å². The van der Waals surface area contributed by atoms with Crippen LogP contribution in [0.1, 0.15) is 33.6 Å². The fraction of sp³-hybridized carbons (Fsp3) is 0.733. The molecule has 0 unspecified atom stereocenters. The van der Waals surface area contributed by atoms with Gasteiger partial charge in [0, 0.05) is 32.0 Å². The molecule has 0 saturated heterocycles. The van der Waals surface area contributed by atoms with Crippen molar-refractivity contribution < 1.29 is 23.9 Å². The van der Waals surface area contributed by atoms with Gasteiger partial charge in [0.15, 0.2) is 0 Å². The van der Waals surface area contributed by atoms with Gasteiger partial charge in [-0.05, 0) is 20.8 Å². The summed E-state index contributed by atoms with van der Waals surface area (Å²) in [7, 11) is 0. The molecule has 122 valence electrons. The number of aryl methyl sites for hydroxylation is 2. The topological polar surface area (TPSA) is 67.4 Å². The second-order valence-electron chi connectivity index (χ2n) is 4.48. The van der Waals surface area contributed by atoms with Gasteiger partial charge < -0.3 is 19.4 Å². The number of aliphatic carboxylic acids is 1. The second-order valence-corrected chi connectivity index (χ2v) is 4.48. The van der Waals surface area contributed by atoms with Gasteiger partial charge in [-0.25, -0.2) is 9.13 Å². The van der Waals surface area contributed by atoms with Crippen molar-refractivity contribution in [3.8, 4) is 0 Å². The Bertz CT molecular complexity index is 336. The van der Waals surface area contributed by atoms with Crippen molar-refractivity contribution in [3.63, 3.8) is 0 Å². The van der Waals surface area contributed by atoms with E-state index in [0.29, 0.717) is 0 Å². The maximum atomic E-state index is 8.89. The summed E-state index contributed by atoms with van der Waals surface area (Å²) in [4.78, 5) is 8.89. The zero-order valence-electron chi connectivity index (χ0n) is 13.4. The van der Waals surface area contributed by atoms with Crippen molar-refractivity contribution >= 4 is 5.97 Å². The largest absolute Gasteiger partial charge is 0.550 e. The summed E-state index contributed by atoms with van der Waals surface area (Å²) in [5, 5.41) is 8.89. The van der Waals surface area contributed by atoms with Gasteiger partial charge in [0.05, 0.1) is 26.3 Å². The minimum Gasteiger partial charge on any atom is -0.550 e. The maximum Gasteiger partial charge on any atom is 0.243 e. The molecule has 0 amide bonds. The number of imidazole rings is 1. The number of carbonyl (C=O) groups excluding carboxylic acids is 1. The number of aromatic nitrogens is 2. The van der Waals surface area contributed by atoms with Crippen molar-refractivity contribution in [3.05, 3.63) is 18.7 Å². The van der Waals surface area contributed by atoms with Gasteiger partial charge in [0.25, 0.3) is 0 Å². The van der Waals surface area contributed by atoms with Crippen LogP contribution in [0.15, 0.2) is 18.7 Å². The SMILES string of the molecule is CC(=O)[O-].CCOCCCn1cc[n+](CCCOCC)c1. The van der Waals surface area contributed by atoms with E-state index >= 15 is 0 Å². The predicted molar refractivity (Wildman–Crippen MR) is 77.5 cm³/mol. The molecule has 1 heterocycles. The maximum absolute atomic E-state index is 8.89. The predicted octanol–water partition coefficient (Wildman–Crippen LogP) is 0.385. The van der Waals surface area contributed by atoms with Gasteiger partial charge in [0.1, 0.15) is 12.4 Å². The molecule has 0 atom stereocenters. The number of carboxylic acid groups (broad SMARTS) is 1. The van der Waals surface area contributed by atoms with Gasteiger partial charge in [-0.2, -0.15) is 0 Å². The third-order valence-electron chi connectivity index (χ3n) is 2.56. The highest BCUT2D eigenvalue weighted by molar-refractivity contribution is 5.60. The van der Waals surface area contributed by atoms with E-state index in [9.17, 15) is 0 Å². The summed E-state index contributed by atoms with van der Waals surface area (Å²) in [6.07, 6.45) is 8.53. The standard InChI is InChI=1S/C13H25N2O2.C2H4O2/c1-3-16-11-5-7-14-9-10-15(13-14)8-6-12-17-4-2;1-2(3)4/h9-10,13H,3-8,11-12H2,1-2H3;1H3,(H,3,4)/q+1;/p-1. The molecule has 0 spiro atoms. The molecular formula is C15H28N2O4. The molecule has 21 heavy (non-hydrogen) atoms. The summed E-state index contributed by atoms with van der Waals surface area (Å²) in [6, 6.07) is 0. The second kappa shape index (κ2) is 13.6. The van der Waals surface area contributed by atoms with Crippen molar-refractivity contribution in [1.82, 2.24) is 4.57 Å². The first-order chi connectivity index (χ1) is 10.1. The van der Waals surface area contributed by atoms with Gasteiger partial charge in [0.2, 0.25) is 6.33 Å². The first-order valence-electron chi connectivity index (χ1n) is 7.48. The minimum atomic E-state index is -1.08. The molecule has 0 aromatic carbocycles. The van der Waals surface area contributed by atoms with Crippen molar-refractivity contribution in [2.45, 2.75) is 46.7 Å². The first-order valence-corrected chi connectivity index (χ1v) is 7.48. The Balaban J connectivity index is 0.000000885. The van der Waals surface area contributed by atoms with E-state index in [1.54, 1.807) is 0 Å². The molecule has 0 fully saturated rings. The van der Waals surface area contributed by atoms with E-state index in [4.69, 9.17) is 19.4 Å². The zero-order chi connectivity index (χ0) is 15.9. The van der Waals surface area contributed by atoms with Crippen LogP contribution in [-0.4, -0.2) is 37.0 Å². The third kappa shape index (κ3) is 13.3. The first kappa shape index (κ1) is 19.6. The molecule has 6 heteroatoms. The molecule has 1 rings (SSSR count). The van der Waals surface area contributed by atoms with E-state index in [-0.39, 0.29) is 0 Å². The monoisotopic (exact) mass is 300 g/mol. The third-order valence-corrected chi connectivity index (χ3v) is 2.56. The fourth-order valence-corrected chi connectivity index (χ4v) is 1.69. The lowest BCUT2D eigenvalue weighted by Crippen LogP contribution is -2.31. The fourth-order valence-electron chi connectivity index (χ4n) is 1.69. The van der Waals surface area contributed by atoms with Crippen LogP contribution in [0.4, 0.5) is 0 Å². The number of hydrogen-bond donors (Lipinski definition) is 0. The summed E-state index contributed by atoms with van der Waals surface area (Å²) in [5.74, 6) is -1.08. The molecule has 1 aromatic rings. The Morgan fingerprint density at radius 1 is 1.19 bits per heavy atom. The van der Waals surface area contributed by atoms with Crippen LogP contribution < -0.4 is 9.67 Å². The van der Waals surface area contributed by atoms with Gasteiger partial charge >= 0.3 is 0 Å². The van der Waals surface area contributed by atoms with E-state index in [2.05, 4.69) is 27.9 Å². The Labute approximate surface area is 127 Å². The van der Waals surface area contributed by atoms with Crippen molar-refractivity contribution in [2.75, 3.05) is 26.4 Å². The molecule has 0 saturated carbocycles. The van der Waals surface area contributed by atoms with Crippen LogP contribution in [0.2, 0.25) is 0 Å². The van der Waals surface area contributed by atoms with E-state index in [0.717, 1.165) is 59.3 Å². The average Bonchev–Trinajstić information content (AvgIpc) is 2.87. The quantitative estimate of drug-likeness (QED) is 0.463. The Kier molecular flexibility index (Phi) is 12.7. The molecule has 0 aliphatic rings. The number of ether oxygens (including phenoxy) is 2. The molecule has 0 aliphatic carbocycles. The Morgan fingerprint density at radius 3 is 2.33 bits per heavy atom. The minimum absolute atomic E-state index is 0.809. The molecule has 0 radical (unpaired) electrons. The zero-order valence-corrected chi connectivity index (χ0v) is 13.4. The Morgan fingerprint density at radius 2 is 1.76 bits per heavy atom. The van der Waals surface area contributed by atoms with Gasteiger partial charge in [-0.1, -0.05) is 0 Å². The van der Waals surface area contributed by atoms with E-state index < -0.39 is 5.97 Å². The lowest BCUT2D eigenvalue weighted by molar-refractivity contribution is -0.697. The van der Waals surface area contributed by atoms with E-state index in [1.807, 2.05) is 13.8 Å². The number of hydrogen-bond acceptors (Lipinski definition) is 4. The summed E-state index contributed by atoms with van der Waals surface area (Å²) in [5.41, 5.74) is 0. The van der Waals surface area contributed by atoms with Crippen LogP contribution >= 0.6 is 0 Å². The summed E-state index contributed by atoms with van der Waals surface area (Å²) < 4.78 is 15.1. The summed E-state index contributed by atoms with van der Waals surface area (Å²) >= 11 is 0. The molecular weight excluding hydrogens is 272 g/mol. The smallest absolute Gasteiger partial charge is 0.243 e. The van der Waals surface area contributed by atoms with Crippen molar-refractivity contribution in [1.29, 1.82) is 0 Å². The molecule has 0 aliphatic heterocycles. The highest BCUT2D eigenvalue weighted by Crippen LogP contribution is 1.91. The number of nitrogens with zero attached hydrogens (tertiary/aromatic N) is 2. The van der Waals surface area contributed by atoms with Gasteiger partial charge in [-0.3, -0.25) is 0 Å². The van der Waals surface area contributed by atoms with Crippen LogP contribution in [0.25, 0.3) is 0 Å². The van der Waals surface area contributed by atoms with Crippen LogP contribution in [0.3, 0.4) is 0 Å². The van der Waals surface area contributed by atoms with Crippen LogP contribution in [0, 0.1) is 0 Å². The van der Waals surface area contributed by atoms with Crippen molar-refractivity contribution in [2.24, 2.45) is 0 Å². The molecule has 6 nitrogen and oxygen atoms in total.